The molecule has 0 bridgehead atoms. The van der Waals surface area contributed by atoms with E-state index >= 15 is 0 Å². The number of carbonyl (C=O) groups is 1. The molecule has 0 fully saturated rings. The van der Waals surface area contributed by atoms with E-state index in [-0.39, 0.29) is 5.69 Å². The van der Waals surface area contributed by atoms with E-state index in [1.807, 2.05) is 6.07 Å². The molecule has 0 aliphatic rings. The van der Waals surface area contributed by atoms with E-state index < -0.39 is 5.97 Å². The molecule has 16 heavy (non-hydrogen) atoms. The number of rotatable bonds is 3. The van der Waals surface area contributed by atoms with Crippen molar-refractivity contribution < 1.29 is 9.90 Å². The van der Waals surface area contributed by atoms with Gasteiger partial charge < -0.3 is 14.8 Å². The molecule has 0 aliphatic heterocycles. The second-order valence-corrected chi connectivity index (χ2v) is 4.14. The number of carboxylic acids is 1. The maximum atomic E-state index is 11.1. The zero-order chi connectivity index (χ0) is 11.7. The summed E-state index contributed by atoms with van der Waals surface area (Å²) in [5.74, 6) is -0.344. The average Bonchev–Trinajstić information content (AvgIpc) is 2.60. The highest BCUT2D eigenvalue weighted by molar-refractivity contribution is 9.10. The second kappa shape index (κ2) is 4.23. The van der Waals surface area contributed by atoms with Crippen LogP contribution in [0.3, 0.4) is 0 Å². The lowest BCUT2D eigenvalue weighted by atomic mass is 10.3. The van der Waals surface area contributed by atoms with Crippen molar-refractivity contribution in [3.8, 4) is 0 Å². The Hall–Kier alpha value is -1.40. The maximum absolute atomic E-state index is 11.1. The predicted octanol–water partition coefficient (Wildman–Crippen LogP) is 1.51. The molecule has 84 valence electrons. The van der Waals surface area contributed by atoms with Gasteiger partial charge >= 0.3 is 5.97 Å². The van der Waals surface area contributed by atoms with Crippen LogP contribution in [0.15, 0.2) is 22.8 Å². The first kappa shape index (κ1) is 11.1. The summed E-state index contributed by atoms with van der Waals surface area (Å²) >= 11 is 3.34. The molecule has 6 heteroatoms. The summed E-state index contributed by atoms with van der Waals surface area (Å²) in [4.78, 5) is 15.2. The van der Waals surface area contributed by atoms with Gasteiger partial charge in [-0.3, -0.25) is 0 Å². The lowest BCUT2D eigenvalue weighted by molar-refractivity contribution is 0.0693. The van der Waals surface area contributed by atoms with Crippen LogP contribution in [0.5, 0.6) is 0 Å². The third kappa shape index (κ3) is 1.70. The normalized spacial score (nSPS) is 10.9. The number of halogens is 1. The smallest absolute Gasteiger partial charge is 0.356 e. The minimum Gasteiger partial charge on any atom is -0.476 e. The summed E-state index contributed by atoms with van der Waals surface area (Å²) in [6, 6.07) is 3.64. The van der Waals surface area contributed by atoms with Gasteiger partial charge in [0.05, 0.1) is 12.1 Å². The molecule has 0 radical (unpaired) electrons. The number of nitrogens with zero attached hydrogens (tertiary/aromatic N) is 2. The van der Waals surface area contributed by atoms with E-state index in [1.54, 1.807) is 23.7 Å². The molecule has 0 amide bonds. The van der Waals surface area contributed by atoms with E-state index in [0.29, 0.717) is 17.9 Å². The summed E-state index contributed by atoms with van der Waals surface area (Å²) < 4.78 is 2.49. The van der Waals surface area contributed by atoms with Gasteiger partial charge in [-0.25, -0.2) is 9.78 Å². The summed E-state index contributed by atoms with van der Waals surface area (Å²) in [6.07, 6.45) is 1.80. The third-order valence-electron chi connectivity index (χ3n) is 2.23. The molecular formula is C10H10BrN3O2. The van der Waals surface area contributed by atoms with Crippen LogP contribution in [0.4, 0.5) is 0 Å². The Morgan fingerprint density at radius 3 is 3.06 bits per heavy atom. The average molecular weight is 284 g/mol. The van der Waals surface area contributed by atoms with E-state index in [9.17, 15) is 4.79 Å². The van der Waals surface area contributed by atoms with Gasteiger partial charge in [-0.05, 0) is 35.1 Å². The summed E-state index contributed by atoms with van der Waals surface area (Å²) in [5, 5.41) is 12.0. The molecule has 0 atom stereocenters. The van der Waals surface area contributed by atoms with Gasteiger partial charge in [0.25, 0.3) is 0 Å². The first-order valence-electron chi connectivity index (χ1n) is 4.68. The van der Waals surface area contributed by atoms with Gasteiger partial charge in [-0.1, -0.05) is 0 Å². The second-order valence-electron chi connectivity index (χ2n) is 3.29. The Morgan fingerprint density at radius 2 is 2.44 bits per heavy atom. The molecule has 5 nitrogen and oxygen atoms in total. The minimum absolute atomic E-state index is 0.0673. The standard InChI is InChI=1S/C10H10BrN3O2/c1-12-5-7-13-8(10(15)16)9-6(11)3-2-4-14(7)9/h2-4,12H,5H2,1H3,(H,15,16). The lowest BCUT2D eigenvalue weighted by Crippen LogP contribution is -2.08. The van der Waals surface area contributed by atoms with Crippen LogP contribution in [-0.2, 0) is 6.54 Å². The largest absolute Gasteiger partial charge is 0.476 e. The number of hydrogen-bond acceptors (Lipinski definition) is 3. The number of carboxylic acid groups (broad SMARTS) is 1. The Bertz CT molecular complexity index is 550. The third-order valence-corrected chi connectivity index (χ3v) is 2.87. The molecule has 0 unspecified atom stereocenters. The highest BCUT2D eigenvalue weighted by Crippen LogP contribution is 2.22. The molecule has 0 saturated heterocycles. The molecule has 2 heterocycles. The Kier molecular flexibility index (Phi) is 2.93. The van der Waals surface area contributed by atoms with Gasteiger partial charge in [0.1, 0.15) is 5.82 Å². The lowest BCUT2D eigenvalue weighted by Gasteiger charge is -2.00. The number of pyridine rings is 1. The van der Waals surface area contributed by atoms with Crippen LogP contribution in [0.25, 0.3) is 5.52 Å². The summed E-state index contributed by atoms with van der Waals surface area (Å²) in [6.45, 7) is 0.519. The van der Waals surface area contributed by atoms with E-state index in [4.69, 9.17) is 5.11 Å². The zero-order valence-corrected chi connectivity index (χ0v) is 10.2. The van der Waals surface area contributed by atoms with Crippen molar-refractivity contribution in [3.05, 3.63) is 34.3 Å². The number of imidazole rings is 1. The molecule has 0 aromatic carbocycles. The number of fused-ring (bicyclic) bond motifs is 1. The number of aromatic carboxylic acids is 1. The number of nitrogens with one attached hydrogen (secondary N) is 1. The highest BCUT2D eigenvalue weighted by Gasteiger charge is 2.17. The molecule has 0 aliphatic carbocycles. The van der Waals surface area contributed by atoms with Crippen LogP contribution in [-0.4, -0.2) is 27.5 Å². The Balaban J connectivity index is 2.76. The fraction of sp³-hybridized carbons (Fsp3) is 0.200. The fourth-order valence-electron chi connectivity index (χ4n) is 1.59. The Morgan fingerprint density at radius 1 is 1.69 bits per heavy atom. The topological polar surface area (TPSA) is 66.6 Å². The maximum Gasteiger partial charge on any atom is 0.356 e. The van der Waals surface area contributed by atoms with Gasteiger partial charge in [0.2, 0.25) is 0 Å². The first-order chi connectivity index (χ1) is 7.65. The first-order valence-corrected chi connectivity index (χ1v) is 5.47. The van der Waals surface area contributed by atoms with E-state index in [2.05, 4.69) is 26.2 Å². The summed E-state index contributed by atoms with van der Waals surface area (Å²) in [7, 11) is 1.79. The monoisotopic (exact) mass is 283 g/mol. The van der Waals surface area contributed by atoms with E-state index in [1.165, 1.54) is 0 Å². The molecule has 0 spiro atoms. The molecule has 2 N–H and O–H groups in total. The number of hydrogen-bond donors (Lipinski definition) is 2. The van der Waals surface area contributed by atoms with Crippen LogP contribution in [0.2, 0.25) is 0 Å². The Labute approximate surface area is 100 Å². The van der Waals surface area contributed by atoms with Crippen LogP contribution in [0, 0.1) is 0 Å². The molecular weight excluding hydrogens is 274 g/mol. The molecule has 2 aromatic rings. The van der Waals surface area contributed by atoms with Crippen molar-refractivity contribution in [2.75, 3.05) is 7.05 Å². The zero-order valence-electron chi connectivity index (χ0n) is 8.57. The van der Waals surface area contributed by atoms with Gasteiger partial charge in [0, 0.05) is 10.7 Å². The molecule has 0 saturated carbocycles. The van der Waals surface area contributed by atoms with Crippen molar-refractivity contribution in [2.45, 2.75) is 6.54 Å². The van der Waals surface area contributed by atoms with Gasteiger partial charge in [-0.15, -0.1) is 0 Å². The fourth-order valence-corrected chi connectivity index (χ4v) is 2.12. The predicted molar refractivity (Wildman–Crippen MR) is 62.6 cm³/mol. The molecule has 2 aromatic heterocycles. The van der Waals surface area contributed by atoms with Crippen molar-refractivity contribution in [1.29, 1.82) is 0 Å². The van der Waals surface area contributed by atoms with Gasteiger partial charge in [0.15, 0.2) is 5.69 Å². The summed E-state index contributed by atoms with van der Waals surface area (Å²) in [5.41, 5.74) is 0.651. The van der Waals surface area contributed by atoms with Crippen LogP contribution >= 0.6 is 15.9 Å². The minimum atomic E-state index is -1.02. The van der Waals surface area contributed by atoms with Gasteiger partial charge in [-0.2, -0.15) is 0 Å². The van der Waals surface area contributed by atoms with Crippen molar-refractivity contribution in [3.63, 3.8) is 0 Å². The van der Waals surface area contributed by atoms with Crippen molar-refractivity contribution >= 4 is 27.4 Å². The quantitative estimate of drug-likeness (QED) is 0.896. The number of aromatic nitrogens is 2. The van der Waals surface area contributed by atoms with E-state index in [0.717, 1.165) is 4.47 Å². The van der Waals surface area contributed by atoms with Crippen LogP contribution in [0.1, 0.15) is 16.3 Å². The molecule has 2 rings (SSSR count). The highest BCUT2D eigenvalue weighted by atomic mass is 79.9. The van der Waals surface area contributed by atoms with Crippen molar-refractivity contribution in [1.82, 2.24) is 14.7 Å². The SMILES string of the molecule is CNCc1nc(C(=O)O)c2c(Br)cccn12. The van der Waals surface area contributed by atoms with Crippen molar-refractivity contribution in [2.24, 2.45) is 0 Å². The van der Waals surface area contributed by atoms with Crippen LogP contribution < -0.4 is 5.32 Å².